The molecule has 0 unspecified atom stereocenters. The Bertz CT molecular complexity index is 914. The van der Waals surface area contributed by atoms with Crippen LogP contribution in [0.3, 0.4) is 0 Å². The Kier molecular flexibility index (Phi) is 6.13. The van der Waals surface area contributed by atoms with E-state index in [4.69, 9.17) is 9.15 Å². The van der Waals surface area contributed by atoms with Crippen molar-refractivity contribution >= 4 is 29.0 Å². The molecular weight excluding hydrogens is 396 g/mol. The van der Waals surface area contributed by atoms with Crippen molar-refractivity contribution in [2.24, 2.45) is 0 Å². The monoisotopic (exact) mass is 418 g/mol. The Labute approximate surface area is 171 Å². The zero-order valence-electron chi connectivity index (χ0n) is 15.6. The number of hydrogen-bond donors (Lipinski definition) is 1. The number of furan rings is 1. The molecule has 4 heterocycles. The van der Waals surface area contributed by atoms with Gasteiger partial charge >= 0.3 is 0 Å². The maximum atomic E-state index is 12.2. The van der Waals surface area contributed by atoms with Gasteiger partial charge in [0.2, 0.25) is 5.91 Å². The number of nitrogens with zero attached hydrogens (tertiary/aromatic N) is 3. The SMILES string of the molecule is Cc1occc1-c1nnc(SCC(=O)NCc2cccs2)n1C[C@H]1CCCO1. The van der Waals surface area contributed by atoms with E-state index in [1.165, 1.54) is 11.8 Å². The number of ether oxygens (including phenoxy) is 1. The van der Waals surface area contributed by atoms with Gasteiger partial charge in [-0.1, -0.05) is 17.8 Å². The highest BCUT2D eigenvalue weighted by atomic mass is 32.2. The van der Waals surface area contributed by atoms with Gasteiger partial charge in [-0.2, -0.15) is 0 Å². The molecule has 0 bridgehead atoms. The molecule has 0 aromatic carbocycles. The van der Waals surface area contributed by atoms with Gasteiger partial charge in [-0.15, -0.1) is 21.5 Å². The number of aromatic nitrogens is 3. The predicted molar refractivity (Wildman–Crippen MR) is 108 cm³/mol. The quantitative estimate of drug-likeness (QED) is 0.564. The molecule has 1 saturated heterocycles. The van der Waals surface area contributed by atoms with Gasteiger partial charge in [-0.05, 0) is 37.3 Å². The Balaban J connectivity index is 1.45. The predicted octanol–water partition coefficient (Wildman–Crippen LogP) is 3.50. The molecule has 1 atom stereocenters. The van der Waals surface area contributed by atoms with E-state index in [2.05, 4.69) is 15.5 Å². The molecule has 0 spiro atoms. The third-order valence-corrected chi connectivity index (χ3v) is 6.44. The Morgan fingerprint density at radius 3 is 3.07 bits per heavy atom. The summed E-state index contributed by atoms with van der Waals surface area (Å²) in [6.45, 7) is 3.93. The summed E-state index contributed by atoms with van der Waals surface area (Å²) in [5.41, 5.74) is 0.916. The summed E-state index contributed by atoms with van der Waals surface area (Å²) in [6.07, 6.45) is 3.89. The normalized spacial score (nSPS) is 16.5. The number of hydrogen-bond acceptors (Lipinski definition) is 7. The molecule has 3 aromatic heterocycles. The standard InChI is InChI=1S/C19H22N4O3S2/c1-13-16(6-8-25-13)18-21-22-19(23(18)11-14-4-2-7-26-14)28-12-17(24)20-10-15-5-3-9-27-15/h3,5-6,8-9,14H,2,4,7,10-12H2,1H3,(H,20,24)/t14-/m1/s1. The summed E-state index contributed by atoms with van der Waals surface area (Å²) < 4.78 is 13.3. The van der Waals surface area contributed by atoms with E-state index >= 15 is 0 Å². The lowest BCUT2D eigenvalue weighted by molar-refractivity contribution is -0.118. The van der Waals surface area contributed by atoms with Crippen molar-refractivity contribution in [1.29, 1.82) is 0 Å². The lowest BCUT2D eigenvalue weighted by Gasteiger charge is -2.14. The van der Waals surface area contributed by atoms with E-state index in [9.17, 15) is 4.79 Å². The van der Waals surface area contributed by atoms with Crippen molar-refractivity contribution in [3.63, 3.8) is 0 Å². The molecule has 28 heavy (non-hydrogen) atoms. The van der Waals surface area contributed by atoms with Crippen molar-refractivity contribution in [1.82, 2.24) is 20.1 Å². The smallest absolute Gasteiger partial charge is 0.230 e. The van der Waals surface area contributed by atoms with Gasteiger partial charge in [0.15, 0.2) is 11.0 Å². The van der Waals surface area contributed by atoms with Crippen LogP contribution in [0.1, 0.15) is 23.5 Å². The van der Waals surface area contributed by atoms with Crippen LogP contribution in [0.2, 0.25) is 0 Å². The first-order chi connectivity index (χ1) is 13.7. The molecule has 4 rings (SSSR count). The van der Waals surface area contributed by atoms with Crippen molar-refractivity contribution in [2.75, 3.05) is 12.4 Å². The van der Waals surface area contributed by atoms with Crippen LogP contribution in [0.25, 0.3) is 11.4 Å². The minimum Gasteiger partial charge on any atom is -0.469 e. The molecule has 148 valence electrons. The molecule has 1 aliphatic rings. The van der Waals surface area contributed by atoms with Crippen LogP contribution < -0.4 is 5.32 Å². The number of nitrogens with one attached hydrogen (secondary N) is 1. The number of aryl methyl sites for hydroxylation is 1. The maximum Gasteiger partial charge on any atom is 0.230 e. The van der Waals surface area contributed by atoms with E-state index in [1.54, 1.807) is 17.6 Å². The third-order valence-electron chi connectivity index (χ3n) is 4.60. The molecule has 3 aromatic rings. The first-order valence-electron chi connectivity index (χ1n) is 9.22. The first-order valence-corrected chi connectivity index (χ1v) is 11.1. The molecule has 7 nitrogen and oxygen atoms in total. The third kappa shape index (κ3) is 4.48. The van der Waals surface area contributed by atoms with Gasteiger partial charge in [-0.3, -0.25) is 9.36 Å². The van der Waals surface area contributed by atoms with Crippen molar-refractivity contribution in [3.8, 4) is 11.4 Å². The second-order valence-corrected chi connectivity index (χ2v) is 8.56. The topological polar surface area (TPSA) is 82.2 Å². The average Bonchev–Trinajstić information content (AvgIpc) is 3.48. The van der Waals surface area contributed by atoms with Gasteiger partial charge in [-0.25, -0.2) is 0 Å². The lowest BCUT2D eigenvalue weighted by Crippen LogP contribution is -2.24. The Hall–Kier alpha value is -2.10. The maximum absolute atomic E-state index is 12.2. The van der Waals surface area contributed by atoms with E-state index in [0.29, 0.717) is 18.8 Å². The second kappa shape index (κ2) is 8.93. The number of thiophene rings is 1. The van der Waals surface area contributed by atoms with Crippen molar-refractivity contribution in [3.05, 3.63) is 40.5 Å². The first kappa shape index (κ1) is 19.2. The van der Waals surface area contributed by atoms with Crippen LogP contribution in [0.15, 0.2) is 39.4 Å². The highest BCUT2D eigenvalue weighted by Gasteiger charge is 2.23. The van der Waals surface area contributed by atoms with Crippen LogP contribution >= 0.6 is 23.1 Å². The molecule has 1 N–H and O–H groups in total. The van der Waals surface area contributed by atoms with E-state index < -0.39 is 0 Å². The fourth-order valence-corrected chi connectivity index (χ4v) is 4.57. The largest absolute Gasteiger partial charge is 0.469 e. The zero-order chi connectivity index (χ0) is 19.3. The summed E-state index contributed by atoms with van der Waals surface area (Å²) in [4.78, 5) is 13.4. The summed E-state index contributed by atoms with van der Waals surface area (Å²) >= 11 is 3.03. The van der Waals surface area contributed by atoms with Crippen molar-refractivity contribution < 1.29 is 13.9 Å². The molecule has 9 heteroatoms. The van der Waals surface area contributed by atoms with E-state index in [1.807, 2.05) is 35.1 Å². The van der Waals surface area contributed by atoms with Crippen molar-refractivity contribution in [2.45, 2.75) is 44.1 Å². The number of thioether (sulfide) groups is 1. The number of carbonyl (C=O) groups excluding carboxylic acids is 1. The summed E-state index contributed by atoms with van der Waals surface area (Å²) in [6, 6.07) is 5.89. The van der Waals surface area contributed by atoms with Gasteiger partial charge in [0.25, 0.3) is 0 Å². The van der Waals surface area contributed by atoms with Crippen LogP contribution in [-0.4, -0.2) is 39.1 Å². The molecular formula is C19H22N4O3S2. The average molecular weight is 419 g/mol. The van der Waals surface area contributed by atoms with Gasteiger partial charge in [0.05, 0.1) is 36.8 Å². The van der Waals surface area contributed by atoms with Crippen LogP contribution in [0.4, 0.5) is 0 Å². The minimum atomic E-state index is -0.0221. The highest BCUT2D eigenvalue weighted by molar-refractivity contribution is 7.99. The fraction of sp³-hybridized carbons (Fsp3) is 0.421. The van der Waals surface area contributed by atoms with E-state index in [0.717, 1.165) is 46.6 Å². The number of amides is 1. The zero-order valence-corrected chi connectivity index (χ0v) is 17.2. The number of rotatable bonds is 8. The molecule has 0 saturated carbocycles. The molecule has 0 radical (unpaired) electrons. The fourth-order valence-electron chi connectivity index (χ4n) is 3.15. The van der Waals surface area contributed by atoms with E-state index in [-0.39, 0.29) is 12.0 Å². The Morgan fingerprint density at radius 2 is 2.36 bits per heavy atom. The number of carbonyl (C=O) groups is 1. The summed E-state index contributed by atoms with van der Waals surface area (Å²) in [7, 11) is 0. The van der Waals surface area contributed by atoms with Gasteiger partial charge in [0, 0.05) is 11.5 Å². The molecule has 1 aliphatic heterocycles. The minimum absolute atomic E-state index is 0.0221. The van der Waals surface area contributed by atoms with Crippen LogP contribution in [0.5, 0.6) is 0 Å². The molecule has 1 fully saturated rings. The molecule has 1 amide bonds. The van der Waals surface area contributed by atoms with Crippen LogP contribution in [0, 0.1) is 6.92 Å². The Morgan fingerprint density at radius 1 is 1.43 bits per heavy atom. The van der Waals surface area contributed by atoms with Gasteiger partial charge in [0.1, 0.15) is 5.76 Å². The lowest BCUT2D eigenvalue weighted by atomic mass is 10.2. The molecule has 0 aliphatic carbocycles. The van der Waals surface area contributed by atoms with Gasteiger partial charge < -0.3 is 14.5 Å². The highest BCUT2D eigenvalue weighted by Crippen LogP contribution is 2.28. The second-order valence-electron chi connectivity index (χ2n) is 6.59. The summed E-state index contributed by atoms with van der Waals surface area (Å²) in [5.74, 6) is 1.82. The van der Waals surface area contributed by atoms with Crippen LogP contribution in [-0.2, 0) is 22.6 Å². The summed E-state index contributed by atoms with van der Waals surface area (Å²) in [5, 5.41) is 14.4.